The van der Waals surface area contributed by atoms with Gasteiger partial charge in [-0.25, -0.2) is 0 Å². The van der Waals surface area contributed by atoms with Gasteiger partial charge in [-0.05, 0) is 36.2 Å². The number of aliphatic imine (C=N–C) groups is 1. The molecule has 3 rings (SSSR count). The Kier molecular flexibility index (Phi) is 9.00. The molecular weight excluding hydrogens is 374 g/mol. The lowest BCUT2D eigenvalue weighted by atomic mass is 10.2. The molecule has 162 valence electrons. The summed E-state index contributed by atoms with van der Waals surface area (Å²) in [5, 5.41) is 6.79. The van der Waals surface area contributed by atoms with E-state index in [4.69, 9.17) is 4.74 Å². The van der Waals surface area contributed by atoms with Crippen molar-refractivity contribution in [1.29, 1.82) is 0 Å². The van der Waals surface area contributed by atoms with E-state index in [0.29, 0.717) is 0 Å². The van der Waals surface area contributed by atoms with Crippen LogP contribution in [-0.2, 0) is 13.1 Å². The number of nitrogens with zero attached hydrogens (tertiary/aromatic N) is 3. The summed E-state index contributed by atoms with van der Waals surface area (Å²) in [5.74, 6) is 1.72. The molecule has 0 aromatic heterocycles. The number of hydrogen-bond donors (Lipinski definition) is 2. The molecule has 6 nitrogen and oxygen atoms in total. The van der Waals surface area contributed by atoms with Gasteiger partial charge in [0.05, 0.1) is 7.11 Å². The third-order valence-corrected chi connectivity index (χ3v) is 5.50. The van der Waals surface area contributed by atoms with Crippen molar-refractivity contribution >= 4 is 5.96 Å². The van der Waals surface area contributed by atoms with Crippen molar-refractivity contribution < 1.29 is 4.74 Å². The lowest BCUT2D eigenvalue weighted by molar-refractivity contribution is 0.126. The molecule has 0 radical (unpaired) electrons. The van der Waals surface area contributed by atoms with Gasteiger partial charge in [-0.15, -0.1) is 0 Å². The van der Waals surface area contributed by atoms with Crippen LogP contribution in [0.3, 0.4) is 0 Å². The fourth-order valence-corrected chi connectivity index (χ4v) is 3.67. The minimum absolute atomic E-state index is 0.743. The van der Waals surface area contributed by atoms with Crippen molar-refractivity contribution in [3.8, 4) is 5.75 Å². The Morgan fingerprint density at radius 3 is 2.27 bits per heavy atom. The van der Waals surface area contributed by atoms with E-state index in [1.807, 2.05) is 19.2 Å². The normalized spacial score (nSPS) is 15.7. The number of hydrogen-bond acceptors (Lipinski definition) is 4. The van der Waals surface area contributed by atoms with Gasteiger partial charge >= 0.3 is 0 Å². The number of nitrogens with one attached hydrogen (secondary N) is 2. The Hall–Kier alpha value is -2.57. The second-order valence-electron chi connectivity index (χ2n) is 7.66. The first-order valence-corrected chi connectivity index (χ1v) is 10.8. The quantitative estimate of drug-likeness (QED) is 0.379. The lowest BCUT2D eigenvalue weighted by Gasteiger charge is -2.34. The van der Waals surface area contributed by atoms with Gasteiger partial charge in [0, 0.05) is 52.9 Å². The highest BCUT2D eigenvalue weighted by Crippen LogP contribution is 2.11. The number of piperazine rings is 1. The summed E-state index contributed by atoms with van der Waals surface area (Å²) in [4.78, 5) is 9.44. The summed E-state index contributed by atoms with van der Waals surface area (Å²) in [6, 6.07) is 18.9. The summed E-state index contributed by atoms with van der Waals surface area (Å²) in [6.45, 7) is 8.45. The molecule has 1 saturated heterocycles. The average molecular weight is 410 g/mol. The first-order valence-electron chi connectivity index (χ1n) is 10.8. The van der Waals surface area contributed by atoms with Crippen LogP contribution in [-0.4, -0.2) is 69.2 Å². The Morgan fingerprint density at radius 1 is 0.900 bits per heavy atom. The maximum Gasteiger partial charge on any atom is 0.191 e. The van der Waals surface area contributed by atoms with Gasteiger partial charge in [0.2, 0.25) is 0 Å². The van der Waals surface area contributed by atoms with Gasteiger partial charge in [0.15, 0.2) is 5.96 Å². The molecule has 1 heterocycles. The van der Waals surface area contributed by atoms with Crippen molar-refractivity contribution in [3.05, 3.63) is 65.7 Å². The molecule has 2 N–H and O–H groups in total. The van der Waals surface area contributed by atoms with Crippen molar-refractivity contribution in [2.24, 2.45) is 4.99 Å². The molecule has 1 aliphatic heterocycles. The zero-order chi connectivity index (χ0) is 21.0. The Bertz CT molecular complexity index is 755. The monoisotopic (exact) mass is 409 g/mol. The fourth-order valence-electron chi connectivity index (χ4n) is 3.67. The molecule has 0 saturated carbocycles. The Balaban J connectivity index is 1.27. The van der Waals surface area contributed by atoms with Gasteiger partial charge in [0.25, 0.3) is 0 Å². The highest BCUT2D eigenvalue weighted by Gasteiger charge is 2.16. The van der Waals surface area contributed by atoms with E-state index < -0.39 is 0 Å². The maximum absolute atomic E-state index is 5.20. The second-order valence-corrected chi connectivity index (χ2v) is 7.66. The van der Waals surface area contributed by atoms with Crippen LogP contribution < -0.4 is 15.4 Å². The number of benzene rings is 2. The number of guanidine groups is 1. The van der Waals surface area contributed by atoms with Crippen LogP contribution in [0.15, 0.2) is 59.6 Å². The maximum atomic E-state index is 5.20. The molecule has 2 aromatic rings. The second kappa shape index (κ2) is 12.2. The van der Waals surface area contributed by atoms with Crippen LogP contribution >= 0.6 is 0 Å². The van der Waals surface area contributed by atoms with E-state index in [9.17, 15) is 0 Å². The van der Waals surface area contributed by atoms with Crippen molar-refractivity contribution in [1.82, 2.24) is 20.4 Å². The topological polar surface area (TPSA) is 52.1 Å². The molecule has 0 atom stereocenters. The average Bonchev–Trinajstić information content (AvgIpc) is 2.80. The molecule has 2 aromatic carbocycles. The molecule has 0 amide bonds. The van der Waals surface area contributed by atoms with Crippen LogP contribution in [0.4, 0.5) is 0 Å². The summed E-state index contributed by atoms with van der Waals surface area (Å²) >= 11 is 0. The van der Waals surface area contributed by atoms with Gasteiger partial charge in [-0.1, -0.05) is 42.5 Å². The van der Waals surface area contributed by atoms with E-state index in [0.717, 1.165) is 70.5 Å². The first-order chi connectivity index (χ1) is 14.8. The highest BCUT2D eigenvalue weighted by atomic mass is 16.5. The Morgan fingerprint density at radius 2 is 1.60 bits per heavy atom. The van der Waals surface area contributed by atoms with Gasteiger partial charge in [-0.3, -0.25) is 9.89 Å². The smallest absolute Gasteiger partial charge is 0.191 e. The SMILES string of the molecule is CN=C(NCCCN1CCN(Cc2ccccc2)CC1)NCc1ccc(OC)cc1. The molecule has 1 aliphatic rings. The molecule has 6 heteroatoms. The minimum Gasteiger partial charge on any atom is -0.497 e. The standard InChI is InChI=1S/C24H35N5O/c1-25-24(27-19-21-9-11-23(30-2)12-10-21)26-13-6-14-28-15-17-29(18-16-28)20-22-7-4-3-5-8-22/h3-5,7-12H,6,13-20H2,1-2H3,(H2,25,26,27). The van der Waals surface area contributed by atoms with Crippen LogP contribution in [0, 0.1) is 0 Å². The largest absolute Gasteiger partial charge is 0.497 e. The van der Waals surface area contributed by atoms with Crippen LogP contribution in [0.1, 0.15) is 17.5 Å². The van der Waals surface area contributed by atoms with Crippen LogP contribution in [0.2, 0.25) is 0 Å². The Labute approximate surface area is 180 Å². The van der Waals surface area contributed by atoms with E-state index in [-0.39, 0.29) is 0 Å². The summed E-state index contributed by atoms with van der Waals surface area (Å²) in [6.07, 6.45) is 1.11. The number of rotatable bonds is 9. The molecule has 0 aliphatic carbocycles. The zero-order valence-electron chi connectivity index (χ0n) is 18.3. The van der Waals surface area contributed by atoms with E-state index in [1.54, 1.807) is 7.11 Å². The lowest BCUT2D eigenvalue weighted by Crippen LogP contribution is -2.46. The van der Waals surface area contributed by atoms with Crippen LogP contribution in [0.5, 0.6) is 5.75 Å². The zero-order valence-corrected chi connectivity index (χ0v) is 18.3. The summed E-state index contributed by atoms with van der Waals surface area (Å²) < 4.78 is 5.20. The summed E-state index contributed by atoms with van der Waals surface area (Å²) in [5.41, 5.74) is 2.61. The molecule has 0 unspecified atom stereocenters. The van der Waals surface area contributed by atoms with Crippen molar-refractivity contribution in [3.63, 3.8) is 0 Å². The van der Waals surface area contributed by atoms with E-state index in [2.05, 4.69) is 67.9 Å². The number of methoxy groups -OCH3 is 1. The third kappa shape index (κ3) is 7.35. The molecule has 0 spiro atoms. The minimum atomic E-state index is 0.743. The summed E-state index contributed by atoms with van der Waals surface area (Å²) in [7, 11) is 3.50. The van der Waals surface area contributed by atoms with Gasteiger partial charge < -0.3 is 20.3 Å². The molecule has 30 heavy (non-hydrogen) atoms. The first kappa shape index (κ1) is 22.1. The predicted octanol–water partition coefficient (Wildman–Crippen LogP) is 2.57. The predicted molar refractivity (Wildman–Crippen MR) is 124 cm³/mol. The van der Waals surface area contributed by atoms with Gasteiger partial charge in [-0.2, -0.15) is 0 Å². The fraction of sp³-hybridized carbons (Fsp3) is 0.458. The molecular formula is C24H35N5O. The molecule has 0 bridgehead atoms. The van der Waals surface area contributed by atoms with Crippen molar-refractivity contribution in [2.75, 3.05) is 53.4 Å². The highest BCUT2D eigenvalue weighted by molar-refractivity contribution is 5.79. The third-order valence-electron chi connectivity index (χ3n) is 5.50. The van der Waals surface area contributed by atoms with E-state index >= 15 is 0 Å². The van der Waals surface area contributed by atoms with Crippen molar-refractivity contribution in [2.45, 2.75) is 19.5 Å². The van der Waals surface area contributed by atoms with Crippen LogP contribution in [0.25, 0.3) is 0 Å². The van der Waals surface area contributed by atoms with Gasteiger partial charge in [0.1, 0.15) is 5.75 Å². The number of ether oxygens (including phenoxy) is 1. The molecule has 1 fully saturated rings. The van der Waals surface area contributed by atoms with E-state index in [1.165, 1.54) is 11.1 Å².